The molecule has 0 unspecified atom stereocenters. The van der Waals surface area contributed by atoms with Crippen molar-refractivity contribution in [3.63, 3.8) is 0 Å². The van der Waals surface area contributed by atoms with Gasteiger partial charge in [0, 0.05) is 11.8 Å². The van der Waals surface area contributed by atoms with Crippen molar-refractivity contribution in [2.45, 2.75) is 12.8 Å². The zero-order valence-electron chi connectivity index (χ0n) is 7.34. The van der Waals surface area contributed by atoms with Crippen molar-refractivity contribution in [3.05, 3.63) is 27.5 Å². The molecule has 0 atom stereocenters. The molecular weight excluding hydrogens is 268 g/mol. The number of pyridine rings is 1. The summed E-state index contributed by atoms with van der Waals surface area (Å²) in [4.78, 5) is 3.72. The predicted molar refractivity (Wildman–Crippen MR) is 50.9 cm³/mol. The first-order chi connectivity index (χ1) is 7.11. The molecule has 0 aromatic carbocycles. The summed E-state index contributed by atoms with van der Waals surface area (Å²) in [6.45, 7) is 0. The van der Waals surface area contributed by atoms with E-state index in [1.165, 1.54) is 6.20 Å². The molecule has 6 heteroatoms. The normalized spacial score (nSPS) is 9.73. The molecule has 1 aromatic rings. The topological polar surface area (TPSA) is 60.5 Å². The number of hydrogen-bond acceptors (Lipinski definition) is 3. The average Bonchev–Trinajstić information content (AvgIpc) is 2.20. The van der Waals surface area contributed by atoms with Crippen LogP contribution in [0, 0.1) is 22.7 Å². The Kier molecular flexibility index (Phi) is 3.70. The third-order valence-corrected chi connectivity index (χ3v) is 2.36. The van der Waals surface area contributed by atoms with Gasteiger partial charge in [0.05, 0.1) is 18.1 Å². The molecule has 15 heavy (non-hydrogen) atoms. The van der Waals surface area contributed by atoms with E-state index >= 15 is 0 Å². The highest BCUT2D eigenvalue weighted by molar-refractivity contribution is 9.10. The van der Waals surface area contributed by atoms with Gasteiger partial charge in [-0.05, 0) is 21.5 Å². The van der Waals surface area contributed by atoms with Gasteiger partial charge in [-0.15, -0.1) is 0 Å². The Morgan fingerprint density at radius 3 is 2.60 bits per heavy atom. The van der Waals surface area contributed by atoms with E-state index < -0.39 is 12.0 Å². The van der Waals surface area contributed by atoms with Crippen LogP contribution in [0.15, 0.2) is 10.8 Å². The van der Waals surface area contributed by atoms with Crippen molar-refractivity contribution in [3.8, 4) is 12.1 Å². The fourth-order valence-corrected chi connectivity index (χ4v) is 1.53. The van der Waals surface area contributed by atoms with Crippen molar-refractivity contribution in [2.24, 2.45) is 0 Å². The number of nitriles is 2. The van der Waals surface area contributed by atoms with E-state index in [1.807, 2.05) is 0 Å². The molecule has 0 spiro atoms. The Balaban J connectivity index is 3.45. The van der Waals surface area contributed by atoms with Gasteiger partial charge >= 0.3 is 0 Å². The summed E-state index contributed by atoms with van der Waals surface area (Å²) >= 11 is 2.91. The number of aromatic nitrogens is 1. The largest absolute Gasteiger partial charge is 0.265 e. The molecule has 76 valence electrons. The molecule has 1 rings (SSSR count). The summed E-state index contributed by atoms with van der Waals surface area (Å²) in [5.41, 5.74) is -0.536. The van der Waals surface area contributed by atoms with Crippen LogP contribution in [0.25, 0.3) is 0 Å². The van der Waals surface area contributed by atoms with Crippen LogP contribution in [-0.2, 0) is 6.42 Å². The molecule has 0 aliphatic carbocycles. The van der Waals surface area contributed by atoms with Gasteiger partial charge in [-0.25, -0.2) is 13.8 Å². The van der Waals surface area contributed by atoms with Crippen LogP contribution >= 0.6 is 15.9 Å². The Bertz CT molecular complexity index is 460. The minimum absolute atomic E-state index is 0.0713. The Hall–Kier alpha value is -1.53. The van der Waals surface area contributed by atoms with Gasteiger partial charge in [0.15, 0.2) is 0 Å². The maximum atomic E-state index is 12.7. The van der Waals surface area contributed by atoms with E-state index in [0.29, 0.717) is 0 Å². The maximum absolute atomic E-state index is 12.7. The Morgan fingerprint density at radius 2 is 2.13 bits per heavy atom. The molecule has 1 aromatic heterocycles. The van der Waals surface area contributed by atoms with Gasteiger partial charge in [-0.1, -0.05) is 0 Å². The van der Waals surface area contributed by atoms with Gasteiger partial charge in [0.1, 0.15) is 10.7 Å². The third-order valence-electron chi connectivity index (χ3n) is 1.75. The number of alkyl halides is 2. The Morgan fingerprint density at radius 1 is 1.47 bits per heavy atom. The van der Waals surface area contributed by atoms with E-state index in [0.717, 1.165) is 0 Å². The van der Waals surface area contributed by atoms with Crippen LogP contribution in [0.4, 0.5) is 8.78 Å². The van der Waals surface area contributed by atoms with Gasteiger partial charge in [-0.3, -0.25) is 0 Å². The summed E-state index contributed by atoms with van der Waals surface area (Å²) in [6.07, 6.45) is -1.80. The lowest BCUT2D eigenvalue weighted by molar-refractivity contribution is 0.150. The second-order valence-corrected chi connectivity index (χ2v) is 3.36. The SMILES string of the molecule is N#CCc1cnc(Br)c(C#N)c1C(F)F. The molecule has 0 fully saturated rings. The van der Waals surface area contributed by atoms with Crippen LogP contribution in [0.5, 0.6) is 0 Å². The first-order valence-electron chi connectivity index (χ1n) is 3.84. The number of rotatable bonds is 2. The third kappa shape index (κ3) is 2.28. The van der Waals surface area contributed by atoms with Gasteiger partial charge in [-0.2, -0.15) is 10.5 Å². The van der Waals surface area contributed by atoms with E-state index in [4.69, 9.17) is 10.5 Å². The number of halogens is 3. The van der Waals surface area contributed by atoms with Gasteiger partial charge < -0.3 is 0 Å². The minimum atomic E-state index is -2.79. The highest BCUT2D eigenvalue weighted by Crippen LogP contribution is 2.29. The molecule has 0 radical (unpaired) electrons. The van der Waals surface area contributed by atoms with E-state index in [2.05, 4.69) is 20.9 Å². The molecule has 0 amide bonds. The quantitative estimate of drug-likeness (QED) is 0.777. The zero-order valence-corrected chi connectivity index (χ0v) is 8.92. The fraction of sp³-hybridized carbons (Fsp3) is 0.222. The van der Waals surface area contributed by atoms with Crippen LogP contribution in [0.2, 0.25) is 0 Å². The lowest BCUT2D eigenvalue weighted by atomic mass is 10.0. The van der Waals surface area contributed by atoms with Crippen molar-refractivity contribution < 1.29 is 8.78 Å². The van der Waals surface area contributed by atoms with Crippen LogP contribution in [0.3, 0.4) is 0 Å². The summed E-state index contributed by atoms with van der Waals surface area (Å²) in [6, 6.07) is 3.40. The maximum Gasteiger partial charge on any atom is 0.265 e. The van der Waals surface area contributed by atoms with Crippen LogP contribution in [-0.4, -0.2) is 4.98 Å². The summed E-state index contributed by atoms with van der Waals surface area (Å²) < 4.78 is 25.4. The predicted octanol–water partition coefficient (Wildman–Crippen LogP) is 2.72. The highest BCUT2D eigenvalue weighted by atomic mass is 79.9. The lowest BCUT2D eigenvalue weighted by Crippen LogP contribution is -2.01. The van der Waals surface area contributed by atoms with Crippen molar-refractivity contribution >= 4 is 15.9 Å². The molecule has 0 N–H and O–H groups in total. The van der Waals surface area contributed by atoms with Crippen LogP contribution in [0.1, 0.15) is 23.1 Å². The lowest BCUT2D eigenvalue weighted by Gasteiger charge is -2.08. The zero-order chi connectivity index (χ0) is 11.4. The summed E-state index contributed by atoms with van der Waals surface area (Å²) in [5.74, 6) is 0. The second-order valence-electron chi connectivity index (χ2n) is 2.61. The second kappa shape index (κ2) is 4.81. The first-order valence-corrected chi connectivity index (χ1v) is 4.63. The van der Waals surface area contributed by atoms with E-state index in [1.54, 1.807) is 12.1 Å². The van der Waals surface area contributed by atoms with Crippen molar-refractivity contribution in [1.29, 1.82) is 10.5 Å². The smallest absolute Gasteiger partial charge is 0.248 e. The first kappa shape index (κ1) is 11.5. The molecular formula is C9H4BrF2N3. The monoisotopic (exact) mass is 271 g/mol. The van der Waals surface area contributed by atoms with Crippen molar-refractivity contribution in [2.75, 3.05) is 0 Å². The van der Waals surface area contributed by atoms with Gasteiger partial charge in [0.25, 0.3) is 6.43 Å². The molecule has 1 heterocycles. The molecule has 0 bridgehead atoms. The number of hydrogen-bond donors (Lipinski definition) is 0. The highest BCUT2D eigenvalue weighted by Gasteiger charge is 2.20. The molecule has 3 nitrogen and oxygen atoms in total. The summed E-state index contributed by atoms with van der Waals surface area (Å²) in [7, 11) is 0. The minimum Gasteiger partial charge on any atom is -0.248 e. The molecule has 0 aliphatic rings. The Labute approximate surface area is 93.1 Å². The number of nitrogens with zero attached hydrogens (tertiary/aromatic N) is 3. The average molecular weight is 272 g/mol. The van der Waals surface area contributed by atoms with Crippen LogP contribution < -0.4 is 0 Å². The standard InChI is InChI=1S/C9H4BrF2N3/c10-8-6(3-14)7(9(11)12)5(1-2-13)4-15-8/h4,9H,1H2. The molecule has 0 aliphatic heterocycles. The molecule has 0 saturated heterocycles. The van der Waals surface area contributed by atoms with Gasteiger partial charge in [0.2, 0.25) is 0 Å². The molecule has 0 saturated carbocycles. The van der Waals surface area contributed by atoms with E-state index in [9.17, 15) is 8.78 Å². The van der Waals surface area contributed by atoms with E-state index in [-0.39, 0.29) is 22.2 Å². The fourth-order valence-electron chi connectivity index (χ4n) is 1.12. The van der Waals surface area contributed by atoms with Crippen molar-refractivity contribution in [1.82, 2.24) is 4.98 Å². The summed E-state index contributed by atoms with van der Waals surface area (Å²) in [5, 5.41) is 17.1.